The molecule has 1 rings (SSSR count). The van der Waals surface area contributed by atoms with Gasteiger partial charge in [-0.3, -0.25) is 0 Å². The molecule has 10 heavy (non-hydrogen) atoms. The molecule has 62 valence electrons. The summed E-state index contributed by atoms with van der Waals surface area (Å²) in [6, 6.07) is 0. The van der Waals surface area contributed by atoms with Gasteiger partial charge in [-0.15, -0.1) is 24.0 Å². The van der Waals surface area contributed by atoms with Crippen LogP contribution in [-0.2, 0) is 0 Å². The number of rotatable bonds is 0. The fourth-order valence-corrected chi connectivity index (χ4v) is 1.53. The molecule has 2 unspecified atom stereocenters. The molecule has 2 atom stereocenters. The molecule has 0 aromatic rings. The molecule has 1 fully saturated rings. The molecule has 0 spiro atoms. The maximum Gasteiger partial charge on any atom is 0.0151 e. The summed E-state index contributed by atoms with van der Waals surface area (Å²) >= 11 is 0. The third-order valence-electron chi connectivity index (χ3n) is 2.73. The fourth-order valence-electron chi connectivity index (χ4n) is 1.53. The molecule has 0 radical (unpaired) electrons. The molecule has 1 aliphatic carbocycles. The first-order valence-electron chi connectivity index (χ1n) is 3.92. The molecule has 0 aromatic heterocycles. The average molecular weight is 255 g/mol. The van der Waals surface area contributed by atoms with E-state index in [-0.39, 0.29) is 29.5 Å². The Bertz CT molecular complexity index is 101. The highest BCUT2D eigenvalue weighted by Gasteiger charge is 2.28. The van der Waals surface area contributed by atoms with E-state index >= 15 is 0 Å². The van der Waals surface area contributed by atoms with E-state index in [1.807, 2.05) is 0 Å². The molecule has 0 amide bonds. The highest BCUT2D eigenvalue weighted by Crippen LogP contribution is 2.30. The molecule has 1 aliphatic rings. The molecular formula is C8H18IN. The summed E-state index contributed by atoms with van der Waals surface area (Å²) in [6.45, 7) is 4.44. The van der Waals surface area contributed by atoms with Gasteiger partial charge in [0.05, 0.1) is 0 Å². The van der Waals surface area contributed by atoms with Crippen LogP contribution in [-0.4, -0.2) is 5.54 Å². The molecule has 1 nitrogen and oxygen atoms in total. The molecule has 1 saturated carbocycles. The zero-order chi connectivity index (χ0) is 6.91. The summed E-state index contributed by atoms with van der Waals surface area (Å²) in [6.07, 6.45) is 5.26. The Morgan fingerprint density at radius 1 is 1.40 bits per heavy atom. The van der Waals surface area contributed by atoms with Crippen molar-refractivity contribution in [3.8, 4) is 0 Å². The van der Waals surface area contributed by atoms with E-state index in [1.54, 1.807) is 0 Å². The lowest BCUT2D eigenvalue weighted by molar-refractivity contribution is 0.226. The second-order valence-electron chi connectivity index (χ2n) is 3.65. The molecule has 0 bridgehead atoms. The predicted octanol–water partition coefficient (Wildman–Crippen LogP) is 2.53. The topological polar surface area (TPSA) is 26.0 Å². The number of hydrogen-bond acceptors (Lipinski definition) is 1. The van der Waals surface area contributed by atoms with Crippen LogP contribution in [0.3, 0.4) is 0 Å². The fraction of sp³-hybridized carbons (Fsp3) is 1.00. The van der Waals surface area contributed by atoms with E-state index < -0.39 is 0 Å². The smallest absolute Gasteiger partial charge is 0.0151 e. The first-order chi connectivity index (χ1) is 4.13. The molecule has 0 heterocycles. The van der Waals surface area contributed by atoms with Crippen molar-refractivity contribution in [2.24, 2.45) is 11.7 Å². The summed E-state index contributed by atoms with van der Waals surface area (Å²) < 4.78 is 0. The van der Waals surface area contributed by atoms with Crippen LogP contribution in [0.1, 0.15) is 39.5 Å². The van der Waals surface area contributed by atoms with Gasteiger partial charge < -0.3 is 5.73 Å². The third kappa shape index (κ3) is 2.38. The van der Waals surface area contributed by atoms with E-state index in [2.05, 4.69) is 13.8 Å². The van der Waals surface area contributed by atoms with Crippen molar-refractivity contribution in [1.82, 2.24) is 0 Å². The van der Waals surface area contributed by atoms with Crippen LogP contribution in [0.15, 0.2) is 0 Å². The van der Waals surface area contributed by atoms with Crippen LogP contribution in [0.4, 0.5) is 0 Å². The Kier molecular flexibility index (Phi) is 4.17. The van der Waals surface area contributed by atoms with Crippen molar-refractivity contribution in [2.75, 3.05) is 0 Å². The summed E-state index contributed by atoms with van der Waals surface area (Å²) in [4.78, 5) is 0. The van der Waals surface area contributed by atoms with Crippen LogP contribution in [0.5, 0.6) is 0 Å². The largest absolute Gasteiger partial charge is 0.325 e. The van der Waals surface area contributed by atoms with Gasteiger partial charge in [-0.25, -0.2) is 0 Å². The Morgan fingerprint density at radius 3 is 2.30 bits per heavy atom. The van der Waals surface area contributed by atoms with Crippen molar-refractivity contribution in [3.63, 3.8) is 0 Å². The Labute approximate surface area is 80.8 Å². The van der Waals surface area contributed by atoms with Gasteiger partial charge in [0.25, 0.3) is 0 Å². The van der Waals surface area contributed by atoms with Crippen LogP contribution in [0.25, 0.3) is 0 Å². The maximum absolute atomic E-state index is 6.02. The van der Waals surface area contributed by atoms with Crippen LogP contribution in [0.2, 0.25) is 0 Å². The van der Waals surface area contributed by atoms with E-state index in [4.69, 9.17) is 5.73 Å². The highest BCUT2D eigenvalue weighted by molar-refractivity contribution is 14.0. The standard InChI is InChI=1S/C8H17N.HI/c1-7-5-3-4-6-8(7,2)9;/h7H,3-6,9H2,1-2H3;1H. The Balaban J connectivity index is 0.000000810. The molecular weight excluding hydrogens is 237 g/mol. The van der Waals surface area contributed by atoms with Crippen LogP contribution < -0.4 is 5.73 Å². The Morgan fingerprint density at radius 2 is 2.00 bits per heavy atom. The first kappa shape index (κ1) is 10.7. The van der Waals surface area contributed by atoms with Crippen LogP contribution >= 0.6 is 24.0 Å². The van der Waals surface area contributed by atoms with Gasteiger partial charge in [0.2, 0.25) is 0 Å². The van der Waals surface area contributed by atoms with Gasteiger partial charge in [-0.2, -0.15) is 0 Å². The quantitative estimate of drug-likeness (QED) is 0.661. The van der Waals surface area contributed by atoms with Crippen LogP contribution in [0, 0.1) is 5.92 Å². The summed E-state index contributed by atoms with van der Waals surface area (Å²) in [7, 11) is 0. The lowest BCUT2D eigenvalue weighted by Gasteiger charge is -2.35. The zero-order valence-corrected chi connectivity index (χ0v) is 9.22. The number of hydrogen-bond donors (Lipinski definition) is 1. The molecule has 0 aliphatic heterocycles. The minimum atomic E-state index is 0. The molecule has 0 aromatic carbocycles. The van der Waals surface area contributed by atoms with Crippen molar-refractivity contribution in [3.05, 3.63) is 0 Å². The maximum atomic E-state index is 6.02. The minimum absolute atomic E-state index is 0. The van der Waals surface area contributed by atoms with Crippen molar-refractivity contribution in [1.29, 1.82) is 0 Å². The molecule has 0 saturated heterocycles. The van der Waals surface area contributed by atoms with Gasteiger partial charge in [-0.1, -0.05) is 19.8 Å². The second kappa shape index (κ2) is 3.90. The Hall–Kier alpha value is 0.690. The minimum Gasteiger partial charge on any atom is -0.325 e. The lowest BCUT2D eigenvalue weighted by atomic mass is 9.76. The second-order valence-corrected chi connectivity index (χ2v) is 3.65. The average Bonchev–Trinajstić information content (AvgIpc) is 1.77. The summed E-state index contributed by atoms with van der Waals surface area (Å²) in [5.41, 5.74) is 6.16. The zero-order valence-electron chi connectivity index (χ0n) is 6.89. The first-order valence-corrected chi connectivity index (χ1v) is 3.92. The molecule has 2 N–H and O–H groups in total. The van der Waals surface area contributed by atoms with E-state index in [9.17, 15) is 0 Å². The number of nitrogens with two attached hydrogens (primary N) is 1. The van der Waals surface area contributed by atoms with Crippen molar-refractivity contribution >= 4 is 24.0 Å². The summed E-state index contributed by atoms with van der Waals surface area (Å²) in [5, 5.41) is 0. The lowest BCUT2D eigenvalue weighted by Crippen LogP contribution is -2.44. The van der Waals surface area contributed by atoms with E-state index in [0.29, 0.717) is 0 Å². The predicted molar refractivity (Wildman–Crippen MR) is 55.6 cm³/mol. The monoisotopic (exact) mass is 255 g/mol. The van der Waals surface area contributed by atoms with Gasteiger partial charge in [0, 0.05) is 5.54 Å². The normalized spacial score (nSPS) is 40.5. The van der Waals surface area contributed by atoms with Gasteiger partial charge >= 0.3 is 0 Å². The van der Waals surface area contributed by atoms with Gasteiger partial charge in [0.15, 0.2) is 0 Å². The highest BCUT2D eigenvalue weighted by atomic mass is 127. The van der Waals surface area contributed by atoms with Gasteiger partial charge in [-0.05, 0) is 25.7 Å². The third-order valence-corrected chi connectivity index (χ3v) is 2.73. The van der Waals surface area contributed by atoms with Gasteiger partial charge in [0.1, 0.15) is 0 Å². The van der Waals surface area contributed by atoms with E-state index in [0.717, 1.165) is 5.92 Å². The van der Waals surface area contributed by atoms with Crippen molar-refractivity contribution < 1.29 is 0 Å². The molecule has 2 heteroatoms. The number of halogens is 1. The summed E-state index contributed by atoms with van der Waals surface area (Å²) in [5.74, 6) is 0.728. The SMILES string of the molecule is CC1CCCCC1(C)N.I. The van der Waals surface area contributed by atoms with E-state index in [1.165, 1.54) is 25.7 Å². The van der Waals surface area contributed by atoms with Crippen molar-refractivity contribution in [2.45, 2.75) is 45.1 Å².